The Morgan fingerprint density at radius 1 is 1.59 bits per heavy atom. The zero-order valence-corrected chi connectivity index (χ0v) is 11.2. The molecule has 92 valence electrons. The molecule has 1 aliphatic rings. The van der Waals surface area contributed by atoms with Crippen molar-refractivity contribution >= 4 is 21.8 Å². The highest BCUT2D eigenvalue weighted by atomic mass is 79.9. The van der Waals surface area contributed by atoms with E-state index in [1.807, 2.05) is 6.07 Å². The summed E-state index contributed by atoms with van der Waals surface area (Å²) in [4.78, 5) is 12.1. The monoisotopic (exact) mass is 298 g/mol. The summed E-state index contributed by atoms with van der Waals surface area (Å²) in [6, 6.07) is 5.63. The van der Waals surface area contributed by atoms with Crippen LogP contribution in [0.1, 0.15) is 16.8 Å². The maximum Gasteiger partial charge on any atom is 0.255 e. The number of rotatable bonds is 3. The van der Waals surface area contributed by atoms with Crippen LogP contribution in [0.4, 0.5) is 0 Å². The highest BCUT2D eigenvalue weighted by molar-refractivity contribution is 9.10. The van der Waals surface area contributed by atoms with Gasteiger partial charge in [-0.2, -0.15) is 0 Å². The van der Waals surface area contributed by atoms with Gasteiger partial charge in [-0.05, 0) is 31.2 Å². The Morgan fingerprint density at radius 3 is 3.06 bits per heavy atom. The normalized spacial score (nSPS) is 19.1. The molecule has 1 aromatic carbocycles. The van der Waals surface area contributed by atoms with Gasteiger partial charge in [-0.3, -0.25) is 4.79 Å². The quantitative estimate of drug-likeness (QED) is 0.890. The van der Waals surface area contributed by atoms with Crippen molar-refractivity contribution in [3.05, 3.63) is 28.2 Å². The van der Waals surface area contributed by atoms with Gasteiger partial charge in [0.2, 0.25) is 0 Å². The van der Waals surface area contributed by atoms with E-state index in [-0.39, 0.29) is 11.9 Å². The first-order valence-electron chi connectivity index (χ1n) is 5.56. The van der Waals surface area contributed by atoms with Gasteiger partial charge in [-0.15, -0.1) is 0 Å². The Bertz CT molecular complexity index is 417. The molecule has 1 amide bonds. The van der Waals surface area contributed by atoms with Crippen LogP contribution >= 0.6 is 15.9 Å². The molecule has 1 aromatic rings. The van der Waals surface area contributed by atoms with Crippen molar-refractivity contribution in [3.8, 4) is 5.75 Å². The van der Waals surface area contributed by atoms with Gasteiger partial charge in [0.25, 0.3) is 5.91 Å². The Kier molecular flexibility index (Phi) is 4.02. The van der Waals surface area contributed by atoms with Gasteiger partial charge >= 0.3 is 0 Å². The number of benzene rings is 1. The lowest BCUT2D eigenvalue weighted by Gasteiger charge is -2.13. The van der Waals surface area contributed by atoms with Gasteiger partial charge in [0.05, 0.1) is 12.7 Å². The molecule has 1 saturated heterocycles. The van der Waals surface area contributed by atoms with Crippen molar-refractivity contribution in [2.75, 3.05) is 20.2 Å². The SMILES string of the molecule is COc1ccc(Br)cc1C(=O)N[C@@H]1CCNC1. The van der Waals surface area contributed by atoms with Crippen LogP contribution in [-0.2, 0) is 0 Å². The third kappa shape index (κ3) is 2.98. The minimum absolute atomic E-state index is 0.0862. The van der Waals surface area contributed by atoms with E-state index in [1.54, 1.807) is 19.2 Å². The van der Waals surface area contributed by atoms with E-state index in [9.17, 15) is 4.79 Å². The van der Waals surface area contributed by atoms with Crippen molar-refractivity contribution in [1.29, 1.82) is 0 Å². The van der Waals surface area contributed by atoms with Crippen LogP contribution in [0.2, 0.25) is 0 Å². The van der Waals surface area contributed by atoms with Crippen LogP contribution in [0.15, 0.2) is 22.7 Å². The Labute approximate surface area is 109 Å². The summed E-state index contributed by atoms with van der Waals surface area (Å²) in [5, 5.41) is 6.21. The summed E-state index contributed by atoms with van der Waals surface area (Å²) in [6.45, 7) is 1.79. The molecule has 0 radical (unpaired) electrons. The molecule has 5 heteroatoms. The van der Waals surface area contributed by atoms with Gasteiger partial charge in [0.15, 0.2) is 0 Å². The Hall–Kier alpha value is -1.07. The second-order valence-electron chi connectivity index (χ2n) is 4.01. The van der Waals surface area contributed by atoms with Crippen molar-refractivity contribution in [3.63, 3.8) is 0 Å². The van der Waals surface area contributed by atoms with E-state index in [4.69, 9.17) is 4.74 Å². The maximum atomic E-state index is 12.1. The second-order valence-corrected chi connectivity index (χ2v) is 4.92. The van der Waals surface area contributed by atoms with Crippen LogP contribution in [0.5, 0.6) is 5.75 Å². The topological polar surface area (TPSA) is 50.4 Å². The molecule has 1 aliphatic heterocycles. The highest BCUT2D eigenvalue weighted by Crippen LogP contribution is 2.23. The predicted octanol–water partition coefficient (Wildman–Crippen LogP) is 1.55. The van der Waals surface area contributed by atoms with Crippen molar-refractivity contribution < 1.29 is 9.53 Å². The molecule has 4 nitrogen and oxygen atoms in total. The van der Waals surface area contributed by atoms with Crippen LogP contribution < -0.4 is 15.4 Å². The molecule has 0 spiro atoms. The van der Waals surface area contributed by atoms with E-state index in [2.05, 4.69) is 26.6 Å². The van der Waals surface area contributed by atoms with Gasteiger partial charge < -0.3 is 15.4 Å². The molecule has 1 heterocycles. The number of amides is 1. The zero-order chi connectivity index (χ0) is 12.3. The summed E-state index contributed by atoms with van der Waals surface area (Å²) in [6.07, 6.45) is 0.974. The molecule has 0 aromatic heterocycles. The number of halogens is 1. The number of carbonyl (C=O) groups excluding carboxylic acids is 1. The minimum Gasteiger partial charge on any atom is -0.496 e. The maximum absolute atomic E-state index is 12.1. The van der Waals surface area contributed by atoms with Crippen LogP contribution in [0, 0.1) is 0 Å². The van der Waals surface area contributed by atoms with Gasteiger partial charge in [0.1, 0.15) is 5.75 Å². The standard InChI is InChI=1S/C12H15BrN2O2/c1-17-11-3-2-8(13)6-10(11)12(16)15-9-4-5-14-7-9/h2-3,6,9,14H,4-5,7H2,1H3,(H,15,16)/t9-/m1/s1. The molecule has 2 rings (SSSR count). The van der Waals surface area contributed by atoms with Crippen molar-refractivity contribution in [1.82, 2.24) is 10.6 Å². The largest absolute Gasteiger partial charge is 0.496 e. The third-order valence-electron chi connectivity index (χ3n) is 2.80. The number of hydrogen-bond donors (Lipinski definition) is 2. The fraction of sp³-hybridized carbons (Fsp3) is 0.417. The molecule has 17 heavy (non-hydrogen) atoms. The molecule has 1 fully saturated rings. The van der Waals surface area contributed by atoms with Gasteiger partial charge in [-0.1, -0.05) is 15.9 Å². The van der Waals surface area contributed by atoms with E-state index in [0.29, 0.717) is 11.3 Å². The molecule has 2 N–H and O–H groups in total. The Morgan fingerprint density at radius 2 is 2.41 bits per heavy atom. The summed E-state index contributed by atoms with van der Waals surface area (Å²) < 4.78 is 6.06. The van der Waals surface area contributed by atoms with Crippen LogP contribution in [0.3, 0.4) is 0 Å². The first-order valence-corrected chi connectivity index (χ1v) is 6.35. The van der Waals surface area contributed by atoms with Gasteiger partial charge in [-0.25, -0.2) is 0 Å². The molecule has 1 atom stereocenters. The fourth-order valence-electron chi connectivity index (χ4n) is 1.90. The van der Waals surface area contributed by atoms with Crippen LogP contribution in [-0.4, -0.2) is 32.1 Å². The summed E-state index contributed by atoms with van der Waals surface area (Å²) >= 11 is 3.36. The molecule has 0 bridgehead atoms. The highest BCUT2D eigenvalue weighted by Gasteiger charge is 2.19. The summed E-state index contributed by atoms with van der Waals surface area (Å²) in [5.41, 5.74) is 0.564. The number of nitrogens with one attached hydrogen (secondary N) is 2. The zero-order valence-electron chi connectivity index (χ0n) is 9.63. The lowest BCUT2D eigenvalue weighted by atomic mass is 10.1. The molecule has 0 unspecified atom stereocenters. The average molecular weight is 299 g/mol. The van der Waals surface area contributed by atoms with Gasteiger partial charge in [0, 0.05) is 17.1 Å². The first-order chi connectivity index (χ1) is 8.20. The van der Waals surface area contributed by atoms with Crippen molar-refractivity contribution in [2.24, 2.45) is 0 Å². The molecule has 0 aliphatic carbocycles. The Balaban J connectivity index is 2.14. The molecule has 0 saturated carbocycles. The average Bonchev–Trinajstić information content (AvgIpc) is 2.81. The molecular weight excluding hydrogens is 284 g/mol. The number of methoxy groups -OCH3 is 1. The lowest BCUT2D eigenvalue weighted by Crippen LogP contribution is -2.36. The lowest BCUT2D eigenvalue weighted by molar-refractivity contribution is 0.0937. The van der Waals surface area contributed by atoms with E-state index in [1.165, 1.54) is 0 Å². The number of ether oxygens (including phenoxy) is 1. The predicted molar refractivity (Wildman–Crippen MR) is 69.4 cm³/mol. The second kappa shape index (κ2) is 5.51. The summed E-state index contributed by atoms with van der Waals surface area (Å²) in [5.74, 6) is 0.508. The first kappa shape index (κ1) is 12.4. The number of hydrogen-bond acceptors (Lipinski definition) is 3. The van der Waals surface area contributed by atoms with Crippen molar-refractivity contribution in [2.45, 2.75) is 12.5 Å². The minimum atomic E-state index is -0.0862. The summed E-state index contributed by atoms with van der Waals surface area (Å²) in [7, 11) is 1.57. The fourth-order valence-corrected chi connectivity index (χ4v) is 2.26. The smallest absolute Gasteiger partial charge is 0.255 e. The van der Waals surface area contributed by atoms with Crippen LogP contribution in [0.25, 0.3) is 0 Å². The van der Waals surface area contributed by atoms with E-state index in [0.717, 1.165) is 24.0 Å². The number of carbonyl (C=O) groups is 1. The molecular formula is C12H15BrN2O2. The third-order valence-corrected chi connectivity index (χ3v) is 3.29. The van der Waals surface area contributed by atoms with E-state index < -0.39 is 0 Å². The van der Waals surface area contributed by atoms with E-state index >= 15 is 0 Å².